The minimum absolute atomic E-state index is 0.315. The van der Waals surface area contributed by atoms with E-state index in [0.29, 0.717) is 13.0 Å². The molecule has 70 valence electrons. The van der Waals surface area contributed by atoms with Crippen LogP contribution >= 0.6 is 0 Å². The van der Waals surface area contributed by atoms with E-state index in [-0.39, 0.29) is 5.97 Å². The van der Waals surface area contributed by atoms with Gasteiger partial charge in [-0.25, -0.2) is 0 Å². The second-order valence-electron chi connectivity index (χ2n) is 3.03. The molecular weight excluding hydrogens is 158 g/mol. The van der Waals surface area contributed by atoms with Gasteiger partial charge in [0.2, 0.25) is 0 Å². The van der Waals surface area contributed by atoms with Crippen LogP contribution in [-0.2, 0) is 9.53 Å². The number of likely N-dealkylation sites (N-methyl/N-ethyl adjacent to an activating group) is 1. The summed E-state index contributed by atoms with van der Waals surface area (Å²) in [5, 5.41) is 9.41. The second-order valence-corrected chi connectivity index (χ2v) is 3.03. The average Bonchev–Trinajstić information content (AvgIpc) is 2.32. The van der Waals surface area contributed by atoms with Crippen molar-refractivity contribution in [3.05, 3.63) is 0 Å². The Kier molecular flexibility index (Phi) is 3.05. The molecule has 0 aromatic heterocycles. The molecule has 1 saturated heterocycles. The van der Waals surface area contributed by atoms with E-state index in [0.717, 1.165) is 6.54 Å². The third-order valence-corrected chi connectivity index (χ3v) is 2.14. The van der Waals surface area contributed by atoms with Gasteiger partial charge in [-0.1, -0.05) is 0 Å². The Hall–Kier alpha value is -0.610. The number of esters is 1. The molecule has 1 fully saturated rings. The summed E-state index contributed by atoms with van der Waals surface area (Å²) >= 11 is 0. The molecule has 4 heteroatoms. The minimum Gasteiger partial charge on any atom is -0.465 e. The summed E-state index contributed by atoms with van der Waals surface area (Å²) < 4.78 is 4.83. The number of hydrogen-bond acceptors (Lipinski definition) is 4. The lowest BCUT2D eigenvalue weighted by atomic mass is 10.2. The quantitative estimate of drug-likeness (QED) is 0.578. The van der Waals surface area contributed by atoms with Crippen molar-refractivity contribution in [3.8, 4) is 0 Å². The molecule has 0 aliphatic carbocycles. The normalized spacial score (nSPS) is 30.6. The number of rotatable bonds is 2. The van der Waals surface area contributed by atoms with Gasteiger partial charge in [0.1, 0.15) is 6.04 Å². The lowest BCUT2D eigenvalue weighted by Gasteiger charge is -2.19. The number of hydrogen-bond donors (Lipinski definition) is 1. The summed E-state index contributed by atoms with van der Waals surface area (Å²) in [6.07, 6.45) is 0.0917. The highest BCUT2D eigenvalue weighted by atomic mass is 16.5. The van der Waals surface area contributed by atoms with Gasteiger partial charge < -0.3 is 9.84 Å². The molecule has 0 spiro atoms. The molecule has 0 saturated carbocycles. The number of ether oxygens (including phenoxy) is 1. The van der Waals surface area contributed by atoms with Crippen LogP contribution in [0.25, 0.3) is 0 Å². The molecule has 0 amide bonds. The van der Waals surface area contributed by atoms with Crippen LogP contribution < -0.4 is 0 Å². The van der Waals surface area contributed by atoms with Crippen LogP contribution in [0.15, 0.2) is 0 Å². The molecule has 0 aromatic carbocycles. The summed E-state index contributed by atoms with van der Waals surface area (Å²) in [4.78, 5) is 13.1. The number of carbonyl (C=O) groups excluding carboxylic acids is 1. The van der Waals surface area contributed by atoms with E-state index >= 15 is 0 Å². The predicted molar refractivity (Wildman–Crippen MR) is 43.7 cm³/mol. The third kappa shape index (κ3) is 1.76. The Morgan fingerprint density at radius 1 is 1.75 bits per heavy atom. The molecule has 0 unspecified atom stereocenters. The molecule has 0 radical (unpaired) electrons. The number of carbonyl (C=O) groups is 1. The van der Waals surface area contributed by atoms with Gasteiger partial charge >= 0.3 is 5.97 Å². The van der Waals surface area contributed by atoms with Crippen LogP contribution in [0.5, 0.6) is 0 Å². The van der Waals surface area contributed by atoms with Crippen molar-refractivity contribution in [1.29, 1.82) is 0 Å². The van der Waals surface area contributed by atoms with Crippen molar-refractivity contribution in [1.82, 2.24) is 4.90 Å². The summed E-state index contributed by atoms with van der Waals surface area (Å²) in [5.74, 6) is -0.315. The van der Waals surface area contributed by atoms with Gasteiger partial charge in [-0.05, 0) is 20.4 Å². The van der Waals surface area contributed by atoms with E-state index in [1.165, 1.54) is 0 Å². The highest BCUT2D eigenvalue weighted by Gasteiger charge is 2.36. The first-order chi connectivity index (χ1) is 5.66. The van der Waals surface area contributed by atoms with Crippen LogP contribution in [-0.4, -0.2) is 48.3 Å². The van der Waals surface area contributed by atoms with Gasteiger partial charge in [0, 0.05) is 6.54 Å². The molecule has 1 aliphatic rings. The molecule has 0 bridgehead atoms. The average molecular weight is 173 g/mol. The fourth-order valence-electron chi connectivity index (χ4n) is 1.49. The first-order valence-corrected chi connectivity index (χ1v) is 4.21. The van der Waals surface area contributed by atoms with E-state index in [9.17, 15) is 9.90 Å². The lowest BCUT2D eigenvalue weighted by molar-refractivity contribution is -0.150. The molecule has 1 heterocycles. The molecular formula is C8H15NO3. The highest BCUT2D eigenvalue weighted by Crippen LogP contribution is 2.16. The van der Waals surface area contributed by atoms with Gasteiger partial charge in [0.15, 0.2) is 0 Å². The largest absolute Gasteiger partial charge is 0.465 e. The third-order valence-electron chi connectivity index (χ3n) is 2.14. The van der Waals surface area contributed by atoms with Crippen molar-refractivity contribution in [3.63, 3.8) is 0 Å². The summed E-state index contributed by atoms with van der Waals surface area (Å²) in [7, 11) is 1.82. The Balaban J connectivity index is 2.53. The van der Waals surface area contributed by atoms with Crippen molar-refractivity contribution in [2.75, 3.05) is 20.2 Å². The molecule has 0 aromatic rings. The van der Waals surface area contributed by atoms with E-state index in [2.05, 4.69) is 0 Å². The first kappa shape index (κ1) is 9.48. The first-order valence-electron chi connectivity index (χ1n) is 4.21. The second kappa shape index (κ2) is 3.87. The van der Waals surface area contributed by atoms with Crippen LogP contribution in [0.4, 0.5) is 0 Å². The smallest absolute Gasteiger partial charge is 0.326 e. The summed E-state index contributed by atoms with van der Waals surface area (Å²) in [6.45, 7) is 2.89. The van der Waals surface area contributed by atoms with Crippen LogP contribution in [0.2, 0.25) is 0 Å². The highest BCUT2D eigenvalue weighted by molar-refractivity contribution is 5.76. The number of nitrogens with zero attached hydrogens (tertiary/aromatic N) is 1. The predicted octanol–water partition coefficient (Wildman–Crippen LogP) is -0.386. The van der Waals surface area contributed by atoms with Crippen molar-refractivity contribution >= 4 is 5.97 Å². The summed E-state index contributed by atoms with van der Waals surface area (Å²) in [5.41, 5.74) is 0. The molecule has 1 N–H and O–H groups in total. The van der Waals surface area contributed by atoms with E-state index in [4.69, 9.17) is 4.74 Å². The summed E-state index contributed by atoms with van der Waals surface area (Å²) in [6, 6.07) is -0.454. The maximum atomic E-state index is 11.2. The van der Waals surface area contributed by atoms with Crippen molar-refractivity contribution in [2.24, 2.45) is 0 Å². The van der Waals surface area contributed by atoms with E-state index in [1.807, 2.05) is 11.9 Å². The SMILES string of the molecule is CCOC(=O)[C@H]1[C@@H](O)CCN1C. The Labute approximate surface area is 72.1 Å². The fourth-order valence-corrected chi connectivity index (χ4v) is 1.49. The maximum Gasteiger partial charge on any atom is 0.326 e. The zero-order valence-electron chi connectivity index (χ0n) is 7.49. The number of aliphatic hydroxyl groups excluding tert-OH is 1. The fraction of sp³-hybridized carbons (Fsp3) is 0.875. The Morgan fingerprint density at radius 3 is 2.83 bits per heavy atom. The number of aliphatic hydroxyl groups is 1. The monoisotopic (exact) mass is 173 g/mol. The molecule has 2 atom stereocenters. The Bertz CT molecular complexity index is 162. The zero-order valence-corrected chi connectivity index (χ0v) is 7.49. The van der Waals surface area contributed by atoms with Crippen LogP contribution in [0, 0.1) is 0 Å². The van der Waals surface area contributed by atoms with Gasteiger partial charge in [0.05, 0.1) is 12.7 Å². The van der Waals surface area contributed by atoms with Crippen LogP contribution in [0.1, 0.15) is 13.3 Å². The molecule has 12 heavy (non-hydrogen) atoms. The minimum atomic E-state index is -0.561. The standard InChI is InChI=1S/C8H15NO3/c1-3-12-8(11)7-6(10)4-5-9(7)2/h6-7,10H,3-5H2,1-2H3/t6-,7+/m0/s1. The molecule has 1 aliphatic heterocycles. The van der Waals surface area contributed by atoms with E-state index in [1.54, 1.807) is 6.92 Å². The van der Waals surface area contributed by atoms with Gasteiger partial charge in [-0.15, -0.1) is 0 Å². The van der Waals surface area contributed by atoms with Gasteiger partial charge in [0.25, 0.3) is 0 Å². The Morgan fingerprint density at radius 2 is 2.42 bits per heavy atom. The van der Waals surface area contributed by atoms with Crippen LogP contribution in [0.3, 0.4) is 0 Å². The van der Waals surface area contributed by atoms with Gasteiger partial charge in [-0.3, -0.25) is 9.69 Å². The van der Waals surface area contributed by atoms with Crippen molar-refractivity contribution in [2.45, 2.75) is 25.5 Å². The lowest BCUT2D eigenvalue weighted by Crippen LogP contribution is -2.40. The van der Waals surface area contributed by atoms with Gasteiger partial charge in [-0.2, -0.15) is 0 Å². The van der Waals surface area contributed by atoms with E-state index < -0.39 is 12.1 Å². The maximum absolute atomic E-state index is 11.2. The topological polar surface area (TPSA) is 49.8 Å². The molecule has 4 nitrogen and oxygen atoms in total. The molecule has 1 rings (SSSR count). The van der Waals surface area contributed by atoms with Crippen molar-refractivity contribution < 1.29 is 14.6 Å². The number of likely N-dealkylation sites (tertiary alicyclic amines) is 1. The zero-order chi connectivity index (χ0) is 9.14.